The molecule has 0 atom stereocenters. The number of ether oxygens (including phenoxy) is 1. The number of fused-ring (bicyclic) bond motifs is 1. The SMILES string of the molecule is COCCCNCc1ccc2nc(C)ccc2c1. The zero-order chi connectivity index (χ0) is 12.8. The molecule has 0 amide bonds. The largest absolute Gasteiger partial charge is 0.385 e. The van der Waals surface area contributed by atoms with Gasteiger partial charge in [0.25, 0.3) is 0 Å². The van der Waals surface area contributed by atoms with Crippen molar-refractivity contribution in [2.24, 2.45) is 0 Å². The molecule has 18 heavy (non-hydrogen) atoms. The summed E-state index contributed by atoms with van der Waals surface area (Å²) in [5.74, 6) is 0. The van der Waals surface area contributed by atoms with Crippen molar-refractivity contribution < 1.29 is 4.74 Å². The first-order valence-corrected chi connectivity index (χ1v) is 6.35. The summed E-state index contributed by atoms with van der Waals surface area (Å²) in [5, 5.41) is 4.62. The number of aromatic nitrogens is 1. The Labute approximate surface area is 108 Å². The van der Waals surface area contributed by atoms with Gasteiger partial charge in [-0.2, -0.15) is 0 Å². The Balaban J connectivity index is 1.95. The van der Waals surface area contributed by atoms with Gasteiger partial charge in [0.05, 0.1) is 5.52 Å². The number of rotatable bonds is 6. The van der Waals surface area contributed by atoms with Crippen LogP contribution in [0.2, 0.25) is 0 Å². The van der Waals surface area contributed by atoms with Crippen molar-refractivity contribution in [1.82, 2.24) is 10.3 Å². The molecular formula is C15H20N2O. The highest BCUT2D eigenvalue weighted by Crippen LogP contribution is 2.14. The molecule has 0 aliphatic rings. The van der Waals surface area contributed by atoms with Gasteiger partial charge < -0.3 is 10.1 Å². The fraction of sp³-hybridized carbons (Fsp3) is 0.400. The first-order chi connectivity index (χ1) is 8.79. The van der Waals surface area contributed by atoms with E-state index in [0.717, 1.165) is 37.3 Å². The fourth-order valence-corrected chi connectivity index (χ4v) is 1.96. The normalized spacial score (nSPS) is 11.0. The van der Waals surface area contributed by atoms with Crippen LogP contribution < -0.4 is 5.32 Å². The van der Waals surface area contributed by atoms with E-state index in [0.29, 0.717) is 0 Å². The highest BCUT2D eigenvalue weighted by atomic mass is 16.5. The minimum Gasteiger partial charge on any atom is -0.385 e. The molecule has 0 saturated heterocycles. The van der Waals surface area contributed by atoms with Crippen LogP contribution in [0.15, 0.2) is 30.3 Å². The molecule has 0 radical (unpaired) electrons. The second-order valence-corrected chi connectivity index (χ2v) is 4.50. The van der Waals surface area contributed by atoms with Crippen LogP contribution in [-0.4, -0.2) is 25.2 Å². The van der Waals surface area contributed by atoms with E-state index in [2.05, 4.69) is 40.6 Å². The molecule has 1 N–H and O–H groups in total. The van der Waals surface area contributed by atoms with E-state index in [4.69, 9.17) is 4.74 Å². The number of pyridine rings is 1. The third kappa shape index (κ3) is 3.52. The van der Waals surface area contributed by atoms with E-state index in [1.54, 1.807) is 7.11 Å². The average Bonchev–Trinajstić information content (AvgIpc) is 2.38. The monoisotopic (exact) mass is 244 g/mol. The quantitative estimate of drug-likeness (QED) is 0.793. The second-order valence-electron chi connectivity index (χ2n) is 4.50. The van der Waals surface area contributed by atoms with Crippen molar-refractivity contribution in [1.29, 1.82) is 0 Å². The Hall–Kier alpha value is -1.45. The zero-order valence-corrected chi connectivity index (χ0v) is 11.1. The van der Waals surface area contributed by atoms with Crippen molar-refractivity contribution in [2.45, 2.75) is 19.9 Å². The molecule has 0 bridgehead atoms. The maximum atomic E-state index is 5.01. The van der Waals surface area contributed by atoms with Gasteiger partial charge >= 0.3 is 0 Å². The van der Waals surface area contributed by atoms with Gasteiger partial charge in [0.2, 0.25) is 0 Å². The fourth-order valence-electron chi connectivity index (χ4n) is 1.96. The van der Waals surface area contributed by atoms with Crippen LogP contribution in [0, 0.1) is 6.92 Å². The van der Waals surface area contributed by atoms with Gasteiger partial charge in [-0.05, 0) is 43.7 Å². The van der Waals surface area contributed by atoms with E-state index in [1.165, 1.54) is 10.9 Å². The lowest BCUT2D eigenvalue weighted by Gasteiger charge is -2.06. The third-order valence-electron chi connectivity index (χ3n) is 2.92. The molecule has 1 aromatic heterocycles. The first-order valence-electron chi connectivity index (χ1n) is 6.35. The Bertz CT molecular complexity index is 511. The Morgan fingerprint density at radius 3 is 2.94 bits per heavy atom. The molecule has 0 aliphatic carbocycles. The van der Waals surface area contributed by atoms with Gasteiger partial charge in [0.15, 0.2) is 0 Å². The standard InChI is InChI=1S/C15H20N2O/c1-12-4-6-14-10-13(5-7-15(14)17-12)11-16-8-3-9-18-2/h4-7,10,16H,3,8-9,11H2,1-2H3. The average molecular weight is 244 g/mol. The number of methoxy groups -OCH3 is 1. The molecule has 2 aromatic rings. The number of nitrogens with one attached hydrogen (secondary N) is 1. The Kier molecular flexibility index (Phi) is 4.67. The molecule has 0 fully saturated rings. The summed E-state index contributed by atoms with van der Waals surface area (Å²) in [6.45, 7) is 4.71. The van der Waals surface area contributed by atoms with Crippen molar-refractivity contribution in [3.63, 3.8) is 0 Å². The molecule has 3 nitrogen and oxygen atoms in total. The third-order valence-corrected chi connectivity index (χ3v) is 2.92. The summed E-state index contributed by atoms with van der Waals surface area (Å²) in [5.41, 5.74) is 3.43. The van der Waals surface area contributed by atoms with Gasteiger partial charge in [0.1, 0.15) is 0 Å². The lowest BCUT2D eigenvalue weighted by atomic mass is 10.1. The summed E-state index contributed by atoms with van der Waals surface area (Å²) in [7, 11) is 1.73. The lowest BCUT2D eigenvalue weighted by molar-refractivity contribution is 0.194. The highest BCUT2D eigenvalue weighted by Gasteiger charge is 1.98. The molecular weight excluding hydrogens is 224 g/mol. The Morgan fingerprint density at radius 1 is 1.22 bits per heavy atom. The van der Waals surface area contributed by atoms with Crippen molar-refractivity contribution in [3.8, 4) is 0 Å². The van der Waals surface area contributed by atoms with Crippen LogP contribution >= 0.6 is 0 Å². The van der Waals surface area contributed by atoms with Gasteiger partial charge in [-0.1, -0.05) is 12.1 Å². The van der Waals surface area contributed by atoms with Crippen LogP contribution in [0.4, 0.5) is 0 Å². The minimum absolute atomic E-state index is 0.813. The number of hydrogen-bond donors (Lipinski definition) is 1. The topological polar surface area (TPSA) is 34.1 Å². The van der Waals surface area contributed by atoms with Crippen LogP contribution in [0.1, 0.15) is 17.7 Å². The highest BCUT2D eigenvalue weighted by molar-refractivity contribution is 5.79. The van der Waals surface area contributed by atoms with Gasteiger partial charge in [0, 0.05) is 31.3 Å². The molecule has 0 saturated carbocycles. The van der Waals surface area contributed by atoms with E-state index in [-0.39, 0.29) is 0 Å². The molecule has 0 aliphatic heterocycles. The van der Waals surface area contributed by atoms with E-state index < -0.39 is 0 Å². The smallest absolute Gasteiger partial charge is 0.0705 e. The molecule has 0 spiro atoms. The van der Waals surface area contributed by atoms with Crippen molar-refractivity contribution in [3.05, 3.63) is 41.6 Å². The van der Waals surface area contributed by atoms with Crippen LogP contribution in [-0.2, 0) is 11.3 Å². The number of benzene rings is 1. The summed E-state index contributed by atoms with van der Waals surface area (Å²) >= 11 is 0. The molecule has 0 unspecified atom stereocenters. The Morgan fingerprint density at radius 2 is 2.11 bits per heavy atom. The zero-order valence-electron chi connectivity index (χ0n) is 11.1. The molecule has 96 valence electrons. The van der Waals surface area contributed by atoms with Crippen LogP contribution in [0.5, 0.6) is 0 Å². The van der Waals surface area contributed by atoms with Gasteiger partial charge in [-0.15, -0.1) is 0 Å². The van der Waals surface area contributed by atoms with E-state index in [9.17, 15) is 0 Å². The minimum atomic E-state index is 0.813. The second kappa shape index (κ2) is 6.47. The molecule has 1 aromatic carbocycles. The van der Waals surface area contributed by atoms with Crippen LogP contribution in [0.25, 0.3) is 10.9 Å². The molecule has 2 rings (SSSR count). The predicted molar refractivity (Wildman–Crippen MR) is 74.7 cm³/mol. The summed E-state index contributed by atoms with van der Waals surface area (Å²) in [6.07, 6.45) is 1.05. The molecule has 1 heterocycles. The maximum absolute atomic E-state index is 5.01. The first kappa shape index (κ1) is 13.0. The predicted octanol–water partition coefficient (Wildman–Crippen LogP) is 2.67. The maximum Gasteiger partial charge on any atom is 0.0705 e. The summed E-state index contributed by atoms with van der Waals surface area (Å²) in [6, 6.07) is 10.6. The number of aryl methyl sites for hydroxylation is 1. The van der Waals surface area contributed by atoms with E-state index in [1.807, 2.05) is 6.92 Å². The summed E-state index contributed by atoms with van der Waals surface area (Å²) in [4.78, 5) is 4.50. The van der Waals surface area contributed by atoms with Crippen molar-refractivity contribution in [2.75, 3.05) is 20.3 Å². The number of hydrogen-bond acceptors (Lipinski definition) is 3. The van der Waals surface area contributed by atoms with Crippen LogP contribution in [0.3, 0.4) is 0 Å². The van der Waals surface area contributed by atoms with Crippen molar-refractivity contribution >= 4 is 10.9 Å². The number of nitrogens with zero attached hydrogens (tertiary/aromatic N) is 1. The lowest BCUT2D eigenvalue weighted by Crippen LogP contribution is -2.16. The summed E-state index contributed by atoms with van der Waals surface area (Å²) < 4.78 is 5.01. The van der Waals surface area contributed by atoms with Gasteiger partial charge in [-0.25, -0.2) is 0 Å². The van der Waals surface area contributed by atoms with E-state index >= 15 is 0 Å². The van der Waals surface area contributed by atoms with Gasteiger partial charge in [-0.3, -0.25) is 4.98 Å². The molecule has 3 heteroatoms.